The molecule has 0 saturated carbocycles. The number of nitrogens with one attached hydrogen (secondary N) is 1. The summed E-state index contributed by atoms with van der Waals surface area (Å²) < 4.78 is 33.7. The fourth-order valence-corrected chi connectivity index (χ4v) is 1.03. The van der Waals surface area contributed by atoms with E-state index in [2.05, 4.69) is 5.32 Å². The first kappa shape index (κ1) is 12.6. The molecule has 0 saturated heterocycles. The van der Waals surface area contributed by atoms with Crippen LogP contribution in [0.2, 0.25) is 0 Å². The van der Waals surface area contributed by atoms with Crippen LogP contribution in [0, 0.1) is 0 Å². The Hall–Kier alpha value is -1.43. The summed E-state index contributed by atoms with van der Waals surface area (Å²) in [6, 6.07) is 3.53. The topological polar surface area (TPSA) is 51.5 Å². The minimum atomic E-state index is -2.95. The third kappa shape index (κ3) is 4.88. The van der Waals surface area contributed by atoms with Gasteiger partial charge in [-0.2, -0.15) is 8.78 Å². The molecule has 1 rings (SSSR count). The zero-order valence-corrected chi connectivity index (χ0v) is 8.62. The zero-order chi connectivity index (χ0) is 11.8. The quantitative estimate of drug-likeness (QED) is 0.727. The van der Waals surface area contributed by atoms with Crippen LogP contribution in [0.15, 0.2) is 22.8 Å². The highest BCUT2D eigenvalue weighted by atomic mass is 19.3. The summed E-state index contributed by atoms with van der Waals surface area (Å²) in [6.45, 7) is 0.904. The van der Waals surface area contributed by atoms with Crippen LogP contribution in [0.1, 0.15) is 12.2 Å². The molecule has 0 aliphatic heterocycles. The molecule has 1 N–H and O–H groups in total. The molecule has 0 aliphatic carbocycles. The molecule has 0 unspecified atom stereocenters. The van der Waals surface area contributed by atoms with Gasteiger partial charge >= 0.3 is 6.43 Å². The molecule has 1 amide bonds. The van der Waals surface area contributed by atoms with Gasteiger partial charge in [-0.1, -0.05) is 0 Å². The standard InChI is InChI=1S/C10H13F2NO3/c11-9(12)10(14)13-4-2-5-15-7-8-3-1-6-16-8/h1,3,6,9H,2,4-5,7H2,(H,13,14). The van der Waals surface area contributed by atoms with Crippen molar-refractivity contribution in [3.63, 3.8) is 0 Å². The number of carbonyl (C=O) groups excluding carboxylic acids is 1. The number of hydrogen-bond donors (Lipinski definition) is 1. The van der Waals surface area contributed by atoms with Crippen LogP contribution in [0.5, 0.6) is 0 Å². The number of carbonyl (C=O) groups is 1. The molecule has 1 heterocycles. The van der Waals surface area contributed by atoms with Crippen molar-refractivity contribution in [2.45, 2.75) is 19.5 Å². The minimum Gasteiger partial charge on any atom is -0.467 e. The second-order valence-corrected chi connectivity index (χ2v) is 3.08. The summed E-state index contributed by atoms with van der Waals surface area (Å²) in [7, 11) is 0. The molecule has 0 fully saturated rings. The van der Waals surface area contributed by atoms with Gasteiger partial charge in [-0.3, -0.25) is 4.79 Å². The van der Waals surface area contributed by atoms with Gasteiger partial charge in [0.2, 0.25) is 0 Å². The smallest absolute Gasteiger partial charge is 0.315 e. The second-order valence-electron chi connectivity index (χ2n) is 3.08. The largest absolute Gasteiger partial charge is 0.467 e. The van der Waals surface area contributed by atoms with E-state index in [1.807, 2.05) is 0 Å². The first-order valence-electron chi connectivity index (χ1n) is 4.86. The van der Waals surface area contributed by atoms with Gasteiger partial charge in [0.25, 0.3) is 5.91 Å². The van der Waals surface area contributed by atoms with Crippen LogP contribution in [-0.2, 0) is 16.1 Å². The number of halogens is 2. The normalized spacial score (nSPS) is 10.7. The molecule has 0 bridgehead atoms. The van der Waals surface area contributed by atoms with E-state index >= 15 is 0 Å². The Morgan fingerprint density at radius 3 is 3.00 bits per heavy atom. The number of ether oxygens (including phenoxy) is 1. The fourth-order valence-electron chi connectivity index (χ4n) is 1.03. The van der Waals surface area contributed by atoms with Crippen LogP contribution >= 0.6 is 0 Å². The highest BCUT2D eigenvalue weighted by Gasteiger charge is 2.13. The van der Waals surface area contributed by atoms with E-state index in [1.54, 1.807) is 18.4 Å². The van der Waals surface area contributed by atoms with Gasteiger partial charge in [0.1, 0.15) is 12.4 Å². The van der Waals surface area contributed by atoms with E-state index in [1.165, 1.54) is 0 Å². The van der Waals surface area contributed by atoms with Crippen molar-refractivity contribution in [1.82, 2.24) is 5.32 Å². The van der Waals surface area contributed by atoms with E-state index < -0.39 is 12.3 Å². The van der Waals surface area contributed by atoms with Gasteiger partial charge in [0.05, 0.1) is 6.26 Å². The number of furan rings is 1. The Balaban J connectivity index is 1.94. The van der Waals surface area contributed by atoms with Gasteiger partial charge in [0, 0.05) is 13.2 Å². The number of alkyl halides is 2. The van der Waals surface area contributed by atoms with Gasteiger partial charge in [-0.25, -0.2) is 0 Å². The van der Waals surface area contributed by atoms with Crippen molar-refractivity contribution in [2.24, 2.45) is 0 Å². The lowest BCUT2D eigenvalue weighted by molar-refractivity contribution is -0.131. The summed E-state index contributed by atoms with van der Waals surface area (Å²) in [6.07, 6.45) is -0.926. The SMILES string of the molecule is O=C(NCCCOCc1ccco1)C(F)F. The summed E-state index contributed by atoms with van der Waals surface area (Å²) in [5, 5.41) is 2.08. The highest BCUT2D eigenvalue weighted by Crippen LogP contribution is 2.01. The Morgan fingerprint density at radius 2 is 2.38 bits per heavy atom. The third-order valence-corrected chi connectivity index (χ3v) is 1.79. The predicted molar refractivity (Wildman–Crippen MR) is 52.0 cm³/mol. The van der Waals surface area contributed by atoms with E-state index in [0.29, 0.717) is 25.4 Å². The van der Waals surface area contributed by atoms with Crippen LogP contribution < -0.4 is 5.32 Å². The van der Waals surface area contributed by atoms with Crippen LogP contribution in [0.4, 0.5) is 8.78 Å². The molecule has 1 aromatic heterocycles. The van der Waals surface area contributed by atoms with E-state index in [-0.39, 0.29) is 6.54 Å². The third-order valence-electron chi connectivity index (χ3n) is 1.79. The zero-order valence-electron chi connectivity index (χ0n) is 8.62. The summed E-state index contributed by atoms with van der Waals surface area (Å²) in [5.74, 6) is -0.539. The number of hydrogen-bond acceptors (Lipinski definition) is 3. The van der Waals surface area contributed by atoms with Gasteiger partial charge < -0.3 is 14.5 Å². The van der Waals surface area contributed by atoms with Crippen molar-refractivity contribution >= 4 is 5.91 Å². The van der Waals surface area contributed by atoms with Gasteiger partial charge in [0.15, 0.2) is 0 Å². The molecular formula is C10H13F2NO3. The molecule has 0 atom stereocenters. The van der Waals surface area contributed by atoms with Crippen molar-refractivity contribution in [3.05, 3.63) is 24.2 Å². The maximum Gasteiger partial charge on any atom is 0.315 e. The first-order valence-corrected chi connectivity index (χ1v) is 4.86. The molecule has 16 heavy (non-hydrogen) atoms. The summed E-state index contributed by atoms with van der Waals surface area (Å²) in [5.41, 5.74) is 0. The average molecular weight is 233 g/mol. The Labute approximate surface area is 91.6 Å². The van der Waals surface area contributed by atoms with Crippen LogP contribution in [0.3, 0.4) is 0 Å². The van der Waals surface area contributed by atoms with Crippen molar-refractivity contribution < 1.29 is 22.7 Å². The van der Waals surface area contributed by atoms with Gasteiger partial charge in [-0.05, 0) is 18.6 Å². The summed E-state index contributed by atoms with van der Waals surface area (Å²) >= 11 is 0. The lowest BCUT2D eigenvalue weighted by Crippen LogP contribution is -2.30. The Kier molecular flexibility index (Phi) is 5.49. The molecule has 0 radical (unpaired) electrons. The molecule has 0 spiro atoms. The highest BCUT2D eigenvalue weighted by molar-refractivity contribution is 5.78. The lowest BCUT2D eigenvalue weighted by atomic mass is 10.4. The fraction of sp³-hybridized carbons (Fsp3) is 0.500. The molecule has 0 aromatic carbocycles. The van der Waals surface area contributed by atoms with Crippen molar-refractivity contribution in [1.29, 1.82) is 0 Å². The first-order chi connectivity index (χ1) is 7.70. The molecule has 6 heteroatoms. The number of rotatable bonds is 7. The number of amides is 1. The van der Waals surface area contributed by atoms with Crippen molar-refractivity contribution in [2.75, 3.05) is 13.2 Å². The molecule has 4 nitrogen and oxygen atoms in total. The monoisotopic (exact) mass is 233 g/mol. The summed E-state index contributed by atoms with van der Waals surface area (Å²) in [4.78, 5) is 10.4. The maximum atomic E-state index is 11.7. The Bertz CT molecular complexity index is 301. The van der Waals surface area contributed by atoms with E-state index in [4.69, 9.17) is 9.15 Å². The molecule has 90 valence electrons. The van der Waals surface area contributed by atoms with E-state index in [9.17, 15) is 13.6 Å². The minimum absolute atomic E-state index is 0.182. The van der Waals surface area contributed by atoms with Crippen molar-refractivity contribution in [3.8, 4) is 0 Å². The van der Waals surface area contributed by atoms with Crippen LogP contribution in [-0.4, -0.2) is 25.5 Å². The molecule has 0 aliphatic rings. The molecule has 1 aromatic rings. The maximum absolute atomic E-state index is 11.7. The molecular weight excluding hydrogens is 220 g/mol. The average Bonchev–Trinajstić information content (AvgIpc) is 2.75. The van der Waals surface area contributed by atoms with E-state index in [0.717, 1.165) is 0 Å². The Morgan fingerprint density at radius 1 is 1.56 bits per heavy atom. The van der Waals surface area contributed by atoms with Gasteiger partial charge in [-0.15, -0.1) is 0 Å². The second kappa shape index (κ2) is 6.95. The van der Waals surface area contributed by atoms with Crippen LogP contribution in [0.25, 0.3) is 0 Å². The lowest BCUT2D eigenvalue weighted by Gasteiger charge is -2.04. The predicted octanol–water partition coefficient (Wildman–Crippen LogP) is 1.57.